The van der Waals surface area contributed by atoms with E-state index in [4.69, 9.17) is 21.1 Å². The van der Waals surface area contributed by atoms with Crippen molar-refractivity contribution in [3.8, 4) is 11.5 Å². The van der Waals surface area contributed by atoms with E-state index in [-0.39, 0.29) is 12.2 Å². The molecule has 0 aliphatic rings. The summed E-state index contributed by atoms with van der Waals surface area (Å²) in [6, 6.07) is 3.36. The number of hydrogen-bond acceptors (Lipinski definition) is 3. The lowest BCUT2D eigenvalue weighted by atomic mass is 10.1. The number of carbonyl (C=O) groups excluding carboxylic acids is 1. The van der Waals surface area contributed by atoms with Gasteiger partial charge >= 0.3 is 0 Å². The van der Waals surface area contributed by atoms with Crippen LogP contribution in [0.3, 0.4) is 0 Å². The highest BCUT2D eigenvalue weighted by Gasteiger charge is 2.15. The van der Waals surface area contributed by atoms with Crippen LogP contribution in [0, 0.1) is 0 Å². The molecule has 0 saturated carbocycles. The standard InChI is InChI=1S/C11H12BrClO3/c1-15-10-6-11(16-2)8(12)5-7(10)9(14)3-4-13/h5-6H,3-4H2,1-2H3. The van der Waals surface area contributed by atoms with Crippen molar-refractivity contribution >= 4 is 33.3 Å². The second-order valence-electron chi connectivity index (χ2n) is 3.05. The minimum atomic E-state index is -0.0461. The summed E-state index contributed by atoms with van der Waals surface area (Å²) in [7, 11) is 3.07. The Morgan fingerprint density at radius 1 is 1.31 bits per heavy atom. The molecular formula is C11H12BrClO3. The quantitative estimate of drug-likeness (QED) is 0.618. The zero-order chi connectivity index (χ0) is 12.1. The average molecular weight is 308 g/mol. The van der Waals surface area contributed by atoms with E-state index in [0.29, 0.717) is 27.4 Å². The van der Waals surface area contributed by atoms with Gasteiger partial charge in [0.2, 0.25) is 0 Å². The summed E-state index contributed by atoms with van der Waals surface area (Å²) in [5.74, 6) is 1.37. The van der Waals surface area contributed by atoms with Gasteiger partial charge in [-0.15, -0.1) is 11.6 Å². The third-order valence-electron chi connectivity index (χ3n) is 2.10. The molecule has 0 fully saturated rings. The Bertz CT molecular complexity index is 393. The van der Waals surface area contributed by atoms with Crippen LogP contribution in [0.25, 0.3) is 0 Å². The third-order valence-corrected chi connectivity index (χ3v) is 2.90. The van der Waals surface area contributed by atoms with Crippen LogP contribution in [-0.4, -0.2) is 25.9 Å². The van der Waals surface area contributed by atoms with Crippen molar-refractivity contribution in [3.63, 3.8) is 0 Å². The minimum Gasteiger partial charge on any atom is -0.496 e. The fraction of sp³-hybridized carbons (Fsp3) is 0.364. The van der Waals surface area contributed by atoms with Crippen LogP contribution < -0.4 is 9.47 Å². The molecule has 1 rings (SSSR count). The summed E-state index contributed by atoms with van der Waals surface area (Å²) in [5, 5.41) is 0. The molecule has 1 aromatic rings. The Hall–Kier alpha value is -0.740. The van der Waals surface area contributed by atoms with Gasteiger partial charge in [0.15, 0.2) is 5.78 Å². The summed E-state index contributed by atoms with van der Waals surface area (Å²) in [5.41, 5.74) is 0.510. The van der Waals surface area contributed by atoms with Crippen LogP contribution in [0.5, 0.6) is 11.5 Å². The summed E-state index contributed by atoms with van der Waals surface area (Å²) in [4.78, 5) is 11.8. The molecule has 0 heterocycles. The first-order chi connectivity index (χ1) is 7.63. The Morgan fingerprint density at radius 2 is 1.94 bits per heavy atom. The molecule has 0 bridgehead atoms. The van der Waals surface area contributed by atoms with Crippen molar-refractivity contribution in [2.75, 3.05) is 20.1 Å². The fourth-order valence-electron chi connectivity index (χ4n) is 1.30. The second kappa shape index (κ2) is 6.11. The third kappa shape index (κ3) is 2.89. The molecule has 16 heavy (non-hydrogen) atoms. The summed E-state index contributed by atoms with van der Waals surface area (Å²) >= 11 is 8.87. The van der Waals surface area contributed by atoms with Crippen LogP contribution in [0.15, 0.2) is 16.6 Å². The predicted octanol–water partition coefficient (Wildman–Crippen LogP) is 3.28. The number of methoxy groups -OCH3 is 2. The van der Waals surface area contributed by atoms with Crippen LogP contribution in [0.1, 0.15) is 16.8 Å². The van der Waals surface area contributed by atoms with Gasteiger partial charge in [-0.05, 0) is 22.0 Å². The molecule has 0 saturated heterocycles. The molecule has 0 spiro atoms. The molecule has 0 atom stereocenters. The highest BCUT2D eigenvalue weighted by molar-refractivity contribution is 9.10. The van der Waals surface area contributed by atoms with E-state index < -0.39 is 0 Å². The monoisotopic (exact) mass is 306 g/mol. The molecule has 5 heteroatoms. The van der Waals surface area contributed by atoms with Crippen molar-refractivity contribution in [1.82, 2.24) is 0 Å². The molecular weight excluding hydrogens is 295 g/mol. The van der Waals surface area contributed by atoms with Crippen molar-refractivity contribution < 1.29 is 14.3 Å². The van der Waals surface area contributed by atoms with Gasteiger partial charge in [-0.1, -0.05) is 0 Å². The van der Waals surface area contributed by atoms with Crippen molar-refractivity contribution in [1.29, 1.82) is 0 Å². The Kier molecular flexibility index (Phi) is 5.09. The van der Waals surface area contributed by atoms with Gasteiger partial charge in [0, 0.05) is 18.4 Å². The molecule has 88 valence electrons. The Labute approximate surface area is 108 Å². The maximum atomic E-state index is 11.8. The number of halogens is 2. The molecule has 0 amide bonds. The lowest BCUT2D eigenvalue weighted by Gasteiger charge is -2.10. The van der Waals surface area contributed by atoms with Gasteiger partial charge in [-0.2, -0.15) is 0 Å². The number of Topliss-reactive ketones (excluding diaryl/α,β-unsaturated/α-hetero) is 1. The average Bonchev–Trinajstić information content (AvgIpc) is 2.29. The van der Waals surface area contributed by atoms with Crippen molar-refractivity contribution in [2.45, 2.75) is 6.42 Å². The van der Waals surface area contributed by atoms with Gasteiger partial charge in [-0.3, -0.25) is 4.79 Å². The maximum absolute atomic E-state index is 11.8. The minimum absolute atomic E-state index is 0.0461. The highest BCUT2D eigenvalue weighted by Crippen LogP contribution is 2.33. The molecule has 1 aromatic carbocycles. The van der Waals surface area contributed by atoms with Gasteiger partial charge in [0.25, 0.3) is 0 Å². The highest BCUT2D eigenvalue weighted by atomic mass is 79.9. The number of benzene rings is 1. The second-order valence-corrected chi connectivity index (χ2v) is 4.28. The largest absolute Gasteiger partial charge is 0.496 e. The summed E-state index contributed by atoms with van der Waals surface area (Å²) in [6.07, 6.45) is 0.288. The zero-order valence-electron chi connectivity index (χ0n) is 9.05. The number of rotatable bonds is 5. The smallest absolute Gasteiger partial charge is 0.167 e. The van der Waals surface area contributed by atoms with Crippen LogP contribution >= 0.6 is 27.5 Å². The van der Waals surface area contributed by atoms with Gasteiger partial charge in [0.1, 0.15) is 11.5 Å². The fourth-order valence-corrected chi connectivity index (χ4v) is 1.98. The number of hydrogen-bond donors (Lipinski definition) is 0. The number of ether oxygens (including phenoxy) is 2. The predicted molar refractivity (Wildman–Crippen MR) is 66.9 cm³/mol. The Balaban J connectivity index is 3.17. The lowest BCUT2D eigenvalue weighted by Crippen LogP contribution is -2.03. The van der Waals surface area contributed by atoms with Gasteiger partial charge in [-0.25, -0.2) is 0 Å². The van der Waals surface area contributed by atoms with E-state index in [9.17, 15) is 4.79 Å². The molecule has 0 aromatic heterocycles. The molecule has 0 N–H and O–H groups in total. The topological polar surface area (TPSA) is 35.5 Å². The van der Waals surface area contributed by atoms with E-state index in [0.717, 1.165) is 0 Å². The molecule has 0 aliphatic carbocycles. The van der Waals surface area contributed by atoms with E-state index >= 15 is 0 Å². The van der Waals surface area contributed by atoms with E-state index in [1.807, 2.05) is 0 Å². The van der Waals surface area contributed by atoms with Crippen LogP contribution in [-0.2, 0) is 0 Å². The molecule has 0 aliphatic heterocycles. The van der Waals surface area contributed by atoms with Gasteiger partial charge < -0.3 is 9.47 Å². The zero-order valence-corrected chi connectivity index (χ0v) is 11.4. The molecule has 0 radical (unpaired) electrons. The lowest BCUT2D eigenvalue weighted by molar-refractivity contribution is 0.0986. The first kappa shape index (κ1) is 13.3. The van der Waals surface area contributed by atoms with E-state index in [2.05, 4.69) is 15.9 Å². The van der Waals surface area contributed by atoms with Gasteiger partial charge in [0.05, 0.1) is 24.3 Å². The number of carbonyl (C=O) groups is 1. The summed E-state index contributed by atoms with van der Waals surface area (Å²) in [6.45, 7) is 0. The van der Waals surface area contributed by atoms with E-state index in [1.165, 1.54) is 7.11 Å². The number of alkyl halides is 1. The molecule has 0 unspecified atom stereocenters. The van der Waals surface area contributed by atoms with Crippen molar-refractivity contribution in [2.24, 2.45) is 0 Å². The SMILES string of the molecule is COc1cc(OC)c(C(=O)CCCl)cc1Br. The first-order valence-electron chi connectivity index (χ1n) is 4.64. The van der Waals surface area contributed by atoms with E-state index in [1.54, 1.807) is 19.2 Å². The normalized spacial score (nSPS) is 10.0. The first-order valence-corrected chi connectivity index (χ1v) is 5.97. The van der Waals surface area contributed by atoms with Crippen molar-refractivity contribution in [3.05, 3.63) is 22.2 Å². The van der Waals surface area contributed by atoms with Crippen LogP contribution in [0.2, 0.25) is 0 Å². The maximum Gasteiger partial charge on any atom is 0.167 e. The summed E-state index contributed by atoms with van der Waals surface area (Å²) < 4.78 is 11.0. The number of ketones is 1. The molecule has 3 nitrogen and oxygen atoms in total. The van der Waals surface area contributed by atoms with Crippen LogP contribution in [0.4, 0.5) is 0 Å². The Morgan fingerprint density at radius 3 is 2.44 bits per heavy atom.